The Bertz CT molecular complexity index is 1110. The Morgan fingerprint density at radius 1 is 0.969 bits per heavy atom. The zero-order valence-corrected chi connectivity index (χ0v) is 20.8. The summed E-state index contributed by atoms with van der Waals surface area (Å²) in [5.74, 6) is 1.34. The Labute approximate surface area is 203 Å². The van der Waals surface area contributed by atoms with Crippen molar-refractivity contribution in [3.05, 3.63) is 87.9 Å². The molecule has 0 heterocycles. The van der Waals surface area contributed by atoms with Crippen molar-refractivity contribution in [2.45, 2.75) is 24.5 Å². The van der Waals surface area contributed by atoms with Gasteiger partial charge >= 0.3 is 0 Å². The van der Waals surface area contributed by atoms with Gasteiger partial charge in [0, 0.05) is 6.54 Å². The zero-order valence-electron chi connectivity index (χ0n) is 17.6. The van der Waals surface area contributed by atoms with E-state index in [9.17, 15) is 8.42 Å². The van der Waals surface area contributed by atoms with Crippen LogP contribution in [0.2, 0.25) is 0 Å². The number of methoxy groups -OCH3 is 1. The highest BCUT2D eigenvalue weighted by Crippen LogP contribution is 2.37. The highest BCUT2D eigenvalue weighted by molar-refractivity contribution is 9.10. The molecule has 0 radical (unpaired) electrons. The summed E-state index contributed by atoms with van der Waals surface area (Å²) >= 11 is 3.59. The molecule has 3 rings (SSSR count). The minimum atomic E-state index is -3.66. The number of ether oxygens (including phenoxy) is 2. The molecule has 0 aliphatic rings. The summed E-state index contributed by atoms with van der Waals surface area (Å²) in [4.78, 5) is 0.121. The quantitative estimate of drug-likeness (QED) is 0.370. The van der Waals surface area contributed by atoms with E-state index in [4.69, 9.17) is 14.6 Å². The Morgan fingerprint density at radius 2 is 1.66 bits per heavy atom. The monoisotopic (exact) mass is 540 g/mol. The van der Waals surface area contributed by atoms with E-state index in [1.807, 2.05) is 42.5 Å². The van der Waals surface area contributed by atoms with Crippen LogP contribution < -0.4 is 19.9 Å². The van der Waals surface area contributed by atoms with E-state index >= 15 is 0 Å². The van der Waals surface area contributed by atoms with Crippen LogP contribution in [0.25, 0.3) is 0 Å². The van der Waals surface area contributed by atoms with Crippen molar-refractivity contribution in [3.63, 3.8) is 0 Å². The molecule has 0 amide bonds. The average Bonchev–Trinajstić information content (AvgIpc) is 2.76. The standard InChI is InChI=1S/C23H25BrN2O4S.ClH/c1-29-22-14-19(13-21(24)23(22)30-16-18-5-3-2-4-6-18)15-26-12-11-17-7-9-20(10-8-17)31(25,27)28;/h2-10,13-14,26H,11-12,15-16H2,1H3,(H2,25,27,28);1H. The molecule has 172 valence electrons. The minimum Gasteiger partial charge on any atom is -0.493 e. The maximum absolute atomic E-state index is 11.3. The molecule has 0 unspecified atom stereocenters. The predicted octanol–water partition coefficient (Wildman–Crippen LogP) is 4.44. The molecule has 0 saturated heterocycles. The van der Waals surface area contributed by atoms with Crippen LogP contribution in [0.1, 0.15) is 16.7 Å². The van der Waals surface area contributed by atoms with Crippen LogP contribution in [0.3, 0.4) is 0 Å². The molecular weight excluding hydrogens is 516 g/mol. The van der Waals surface area contributed by atoms with Crippen LogP contribution in [0.15, 0.2) is 76.1 Å². The van der Waals surface area contributed by atoms with Gasteiger partial charge in [0.05, 0.1) is 16.5 Å². The number of hydrogen-bond donors (Lipinski definition) is 2. The Hall–Kier alpha value is -2.10. The molecule has 3 aromatic rings. The molecule has 32 heavy (non-hydrogen) atoms. The van der Waals surface area contributed by atoms with Crippen molar-refractivity contribution in [1.82, 2.24) is 5.32 Å². The molecule has 0 aliphatic carbocycles. The largest absolute Gasteiger partial charge is 0.493 e. The smallest absolute Gasteiger partial charge is 0.238 e. The summed E-state index contributed by atoms with van der Waals surface area (Å²) in [5, 5.41) is 8.52. The first kappa shape index (κ1) is 26.2. The van der Waals surface area contributed by atoms with Crippen LogP contribution in [0.5, 0.6) is 11.5 Å². The highest BCUT2D eigenvalue weighted by atomic mass is 79.9. The summed E-state index contributed by atoms with van der Waals surface area (Å²) in [7, 11) is -2.03. The normalized spacial score (nSPS) is 11.0. The third kappa shape index (κ3) is 7.50. The Morgan fingerprint density at radius 3 is 2.28 bits per heavy atom. The van der Waals surface area contributed by atoms with Gasteiger partial charge in [-0.3, -0.25) is 0 Å². The first-order valence-electron chi connectivity index (χ1n) is 9.72. The topological polar surface area (TPSA) is 90.6 Å². The number of primary sulfonamides is 1. The van der Waals surface area contributed by atoms with Gasteiger partial charge in [0.25, 0.3) is 0 Å². The number of benzene rings is 3. The van der Waals surface area contributed by atoms with Crippen LogP contribution in [0, 0.1) is 0 Å². The molecule has 0 saturated carbocycles. The van der Waals surface area contributed by atoms with Gasteiger partial charge in [-0.05, 0) is 69.9 Å². The van der Waals surface area contributed by atoms with E-state index in [2.05, 4.69) is 21.2 Å². The van der Waals surface area contributed by atoms with Gasteiger partial charge in [-0.2, -0.15) is 0 Å². The Balaban J connectivity index is 0.00000363. The molecule has 0 bridgehead atoms. The number of nitrogens with two attached hydrogens (primary N) is 1. The van der Waals surface area contributed by atoms with Gasteiger partial charge in [0.2, 0.25) is 10.0 Å². The predicted molar refractivity (Wildman–Crippen MR) is 132 cm³/mol. The van der Waals surface area contributed by atoms with E-state index in [-0.39, 0.29) is 17.3 Å². The third-order valence-electron chi connectivity index (χ3n) is 4.69. The Kier molecular flexibility index (Phi) is 9.99. The maximum Gasteiger partial charge on any atom is 0.238 e. The van der Waals surface area contributed by atoms with Crippen molar-refractivity contribution in [2.24, 2.45) is 5.14 Å². The van der Waals surface area contributed by atoms with Gasteiger partial charge in [-0.1, -0.05) is 42.5 Å². The van der Waals surface area contributed by atoms with E-state index in [1.165, 1.54) is 12.1 Å². The zero-order chi connectivity index (χ0) is 22.3. The van der Waals surface area contributed by atoms with Gasteiger partial charge in [0.15, 0.2) is 11.5 Å². The SMILES string of the molecule is COc1cc(CNCCc2ccc(S(N)(=O)=O)cc2)cc(Br)c1OCc1ccccc1.Cl. The van der Waals surface area contributed by atoms with Crippen molar-refractivity contribution in [1.29, 1.82) is 0 Å². The lowest BCUT2D eigenvalue weighted by Crippen LogP contribution is -2.17. The fourth-order valence-corrected chi connectivity index (χ4v) is 4.18. The molecule has 0 aromatic heterocycles. The fourth-order valence-electron chi connectivity index (χ4n) is 3.06. The van der Waals surface area contributed by atoms with Crippen molar-refractivity contribution in [2.75, 3.05) is 13.7 Å². The summed E-state index contributed by atoms with van der Waals surface area (Å²) < 4.78 is 35.0. The number of halogens is 2. The van der Waals surface area contributed by atoms with Crippen molar-refractivity contribution < 1.29 is 17.9 Å². The lowest BCUT2D eigenvalue weighted by molar-refractivity contribution is 0.282. The first-order valence-corrected chi connectivity index (χ1v) is 12.1. The minimum absolute atomic E-state index is 0. The van der Waals surface area contributed by atoms with E-state index in [1.54, 1.807) is 19.2 Å². The molecule has 0 fully saturated rings. The lowest BCUT2D eigenvalue weighted by Gasteiger charge is -2.15. The second-order valence-electron chi connectivity index (χ2n) is 7.00. The fraction of sp³-hybridized carbons (Fsp3) is 0.217. The molecule has 0 atom stereocenters. The van der Waals surface area contributed by atoms with Gasteiger partial charge in [0.1, 0.15) is 6.61 Å². The van der Waals surface area contributed by atoms with Gasteiger partial charge in [-0.15, -0.1) is 12.4 Å². The maximum atomic E-state index is 11.3. The number of rotatable bonds is 10. The first-order chi connectivity index (χ1) is 14.9. The number of sulfonamides is 1. The van der Waals surface area contributed by atoms with E-state index < -0.39 is 10.0 Å². The van der Waals surface area contributed by atoms with Crippen molar-refractivity contribution in [3.8, 4) is 11.5 Å². The van der Waals surface area contributed by atoms with Crippen LogP contribution >= 0.6 is 28.3 Å². The van der Waals surface area contributed by atoms with E-state index in [0.717, 1.165) is 34.1 Å². The highest BCUT2D eigenvalue weighted by Gasteiger charge is 2.12. The molecule has 3 N–H and O–H groups in total. The number of hydrogen-bond acceptors (Lipinski definition) is 5. The average molecular weight is 542 g/mol. The molecular formula is C23H26BrClN2O4S. The number of nitrogens with one attached hydrogen (secondary N) is 1. The van der Waals surface area contributed by atoms with Crippen LogP contribution in [0.4, 0.5) is 0 Å². The summed E-state index contributed by atoms with van der Waals surface area (Å²) in [6.45, 7) is 1.85. The van der Waals surface area contributed by atoms with Crippen molar-refractivity contribution >= 4 is 38.4 Å². The molecule has 9 heteroatoms. The van der Waals surface area contributed by atoms with E-state index in [0.29, 0.717) is 24.7 Å². The second-order valence-corrected chi connectivity index (χ2v) is 9.41. The molecule has 0 spiro atoms. The van der Waals surface area contributed by atoms with Crippen LogP contribution in [-0.4, -0.2) is 22.1 Å². The summed E-state index contributed by atoms with van der Waals surface area (Å²) in [6, 6.07) is 20.5. The van der Waals surface area contributed by atoms with Gasteiger partial charge < -0.3 is 14.8 Å². The summed E-state index contributed by atoms with van der Waals surface area (Å²) in [6.07, 6.45) is 0.765. The van der Waals surface area contributed by atoms with Crippen LogP contribution in [-0.2, 0) is 29.6 Å². The van der Waals surface area contributed by atoms with Gasteiger partial charge in [-0.25, -0.2) is 13.6 Å². The summed E-state index contributed by atoms with van der Waals surface area (Å²) in [5.41, 5.74) is 3.17. The molecule has 6 nitrogen and oxygen atoms in total. The molecule has 0 aliphatic heterocycles. The lowest BCUT2D eigenvalue weighted by atomic mass is 10.1. The molecule has 3 aromatic carbocycles. The third-order valence-corrected chi connectivity index (χ3v) is 6.20. The second kappa shape index (κ2) is 12.2.